The number of hydrogen-bond acceptors (Lipinski definition) is 3. The molecule has 0 bridgehead atoms. The fourth-order valence-electron chi connectivity index (χ4n) is 2.77. The second-order valence-electron chi connectivity index (χ2n) is 7.08. The standard InChI is InChI=1S/C18H30N2O/c1-15(2)11-19-12-16-7-5-6-8-17(16)13-20-9-10-21-14-18(20,3)4/h5-8,15,19H,9-14H2,1-4H3. The lowest BCUT2D eigenvalue weighted by molar-refractivity contribution is -0.0553. The average molecular weight is 290 g/mol. The van der Waals surface area contributed by atoms with Gasteiger partial charge in [-0.3, -0.25) is 4.90 Å². The Morgan fingerprint density at radius 3 is 2.62 bits per heavy atom. The van der Waals surface area contributed by atoms with Crippen LogP contribution < -0.4 is 5.32 Å². The lowest BCUT2D eigenvalue weighted by atomic mass is 9.99. The first kappa shape index (κ1) is 16.5. The first-order valence-corrected chi connectivity index (χ1v) is 8.09. The van der Waals surface area contributed by atoms with E-state index in [1.54, 1.807) is 0 Å². The largest absolute Gasteiger partial charge is 0.378 e. The van der Waals surface area contributed by atoms with Crippen LogP contribution in [0, 0.1) is 5.92 Å². The molecule has 1 fully saturated rings. The van der Waals surface area contributed by atoms with E-state index in [2.05, 4.69) is 62.2 Å². The molecule has 0 amide bonds. The lowest BCUT2D eigenvalue weighted by Crippen LogP contribution is -2.52. The molecule has 1 saturated heterocycles. The smallest absolute Gasteiger partial charge is 0.0645 e. The molecule has 1 N–H and O–H groups in total. The van der Waals surface area contributed by atoms with Crippen LogP contribution in [0.2, 0.25) is 0 Å². The Balaban J connectivity index is 2.02. The molecule has 118 valence electrons. The summed E-state index contributed by atoms with van der Waals surface area (Å²) in [4.78, 5) is 2.54. The zero-order valence-corrected chi connectivity index (χ0v) is 14.0. The van der Waals surface area contributed by atoms with Gasteiger partial charge in [-0.15, -0.1) is 0 Å². The maximum absolute atomic E-state index is 5.62. The summed E-state index contributed by atoms with van der Waals surface area (Å²) in [5.74, 6) is 0.690. The maximum atomic E-state index is 5.62. The van der Waals surface area contributed by atoms with E-state index in [0.29, 0.717) is 5.92 Å². The molecule has 0 aliphatic carbocycles. The van der Waals surface area contributed by atoms with Crippen LogP contribution >= 0.6 is 0 Å². The lowest BCUT2D eigenvalue weighted by Gasteiger charge is -2.42. The summed E-state index contributed by atoms with van der Waals surface area (Å²) in [5.41, 5.74) is 2.97. The summed E-state index contributed by atoms with van der Waals surface area (Å²) in [5, 5.41) is 3.56. The zero-order valence-electron chi connectivity index (χ0n) is 14.0. The Morgan fingerprint density at radius 2 is 1.95 bits per heavy atom. The number of morpholine rings is 1. The molecule has 1 aliphatic rings. The Bertz CT molecular complexity index is 443. The monoisotopic (exact) mass is 290 g/mol. The minimum absolute atomic E-state index is 0.122. The highest BCUT2D eigenvalue weighted by Gasteiger charge is 2.30. The highest BCUT2D eigenvalue weighted by molar-refractivity contribution is 5.27. The Morgan fingerprint density at radius 1 is 1.24 bits per heavy atom. The van der Waals surface area contributed by atoms with E-state index < -0.39 is 0 Å². The number of ether oxygens (including phenoxy) is 1. The zero-order chi connectivity index (χ0) is 15.3. The number of benzene rings is 1. The van der Waals surface area contributed by atoms with Crippen molar-refractivity contribution in [2.24, 2.45) is 5.92 Å². The van der Waals surface area contributed by atoms with Gasteiger partial charge in [-0.25, -0.2) is 0 Å². The van der Waals surface area contributed by atoms with E-state index in [9.17, 15) is 0 Å². The van der Waals surface area contributed by atoms with Crippen molar-refractivity contribution < 1.29 is 4.74 Å². The first-order valence-electron chi connectivity index (χ1n) is 8.09. The highest BCUT2D eigenvalue weighted by atomic mass is 16.5. The molecule has 1 aliphatic heterocycles. The molecule has 2 rings (SSSR count). The van der Waals surface area contributed by atoms with Crippen LogP contribution in [0.5, 0.6) is 0 Å². The molecule has 1 aromatic rings. The fraction of sp³-hybridized carbons (Fsp3) is 0.667. The van der Waals surface area contributed by atoms with E-state index in [4.69, 9.17) is 4.74 Å². The molecule has 0 aromatic heterocycles. The van der Waals surface area contributed by atoms with Gasteiger partial charge < -0.3 is 10.1 Å². The van der Waals surface area contributed by atoms with Crippen molar-refractivity contribution in [3.05, 3.63) is 35.4 Å². The van der Waals surface area contributed by atoms with Crippen LogP contribution in [0.15, 0.2) is 24.3 Å². The molecular formula is C18H30N2O. The van der Waals surface area contributed by atoms with Crippen LogP contribution in [0.1, 0.15) is 38.8 Å². The summed E-state index contributed by atoms with van der Waals surface area (Å²) in [6.45, 7) is 14.7. The van der Waals surface area contributed by atoms with Gasteiger partial charge in [0.25, 0.3) is 0 Å². The highest BCUT2D eigenvalue weighted by Crippen LogP contribution is 2.23. The van der Waals surface area contributed by atoms with E-state index in [1.165, 1.54) is 11.1 Å². The predicted molar refractivity (Wildman–Crippen MR) is 88.3 cm³/mol. The van der Waals surface area contributed by atoms with Crippen LogP contribution in [0.4, 0.5) is 0 Å². The summed E-state index contributed by atoms with van der Waals surface area (Å²) in [7, 11) is 0. The number of nitrogens with one attached hydrogen (secondary N) is 1. The number of hydrogen-bond donors (Lipinski definition) is 1. The molecule has 0 radical (unpaired) electrons. The third kappa shape index (κ3) is 4.80. The van der Waals surface area contributed by atoms with E-state index >= 15 is 0 Å². The quantitative estimate of drug-likeness (QED) is 0.871. The van der Waals surface area contributed by atoms with Crippen molar-refractivity contribution >= 4 is 0 Å². The van der Waals surface area contributed by atoms with Gasteiger partial charge in [-0.2, -0.15) is 0 Å². The second-order valence-corrected chi connectivity index (χ2v) is 7.08. The summed E-state index contributed by atoms with van der Waals surface area (Å²) in [6, 6.07) is 8.79. The van der Waals surface area contributed by atoms with Gasteiger partial charge in [0.15, 0.2) is 0 Å². The summed E-state index contributed by atoms with van der Waals surface area (Å²) in [6.07, 6.45) is 0. The SMILES string of the molecule is CC(C)CNCc1ccccc1CN1CCOCC1(C)C. The van der Waals surface area contributed by atoms with Crippen molar-refractivity contribution in [3.63, 3.8) is 0 Å². The predicted octanol–water partition coefficient (Wildman–Crippen LogP) is 3.04. The molecule has 0 spiro atoms. The second kappa shape index (κ2) is 7.39. The van der Waals surface area contributed by atoms with E-state index in [-0.39, 0.29) is 5.54 Å². The van der Waals surface area contributed by atoms with Gasteiger partial charge in [0.1, 0.15) is 0 Å². The van der Waals surface area contributed by atoms with Crippen LogP contribution in [-0.4, -0.2) is 36.7 Å². The van der Waals surface area contributed by atoms with Crippen LogP contribution in [0.3, 0.4) is 0 Å². The van der Waals surface area contributed by atoms with Gasteiger partial charge >= 0.3 is 0 Å². The maximum Gasteiger partial charge on any atom is 0.0645 e. The molecule has 1 aromatic carbocycles. The minimum atomic E-state index is 0.122. The van der Waals surface area contributed by atoms with Crippen molar-refractivity contribution in [1.82, 2.24) is 10.2 Å². The molecule has 0 saturated carbocycles. The Labute approximate surface area is 129 Å². The van der Waals surface area contributed by atoms with Crippen molar-refractivity contribution in [1.29, 1.82) is 0 Å². The van der Waals surface area contributed by atoms with Crippen LogP contribution in [0.25, 0.3) is 0 Å². The molecule has 0 atom stereocenters. The third-order valence-corrected chi connectivity index (χ3v) is 4.16. The molecule has 0 unspecified atom stereocenters. The van der Waals surface area contributed by atoms with Crippen molar-refractivity contribution in [3.8, 4) is 0 Å². The fourth-order valence-corrected chi connectivity index (χ4v) is 2.77. The van der Waals surface area contributed by atoms with Crippen LogP contribution in [-0.2, 0) is 17.8 Å². The number of nitrogens with zero attached hydrogens (tertiary/aromatic N) is 1. The van der Waals surface area contributed by atoms with E-state index in [1.807, 2.05) is 0 Å². The van der Waals surface area contributed by atoms with Gasteiger partial charge in [0.2, 0.25) is 0 Å². The molecular weight excluding hydrogens is 260 g/mol. The topological polar surface area (TPSA) is 24.5 Å². The molecule has 3 heteroatoms. The Hall–Kier alpha value is -0.900. The molecule has 3 nitrogen and oxygen atoms in total. The normalized spacial score (nSPS) is 19.1. The van der Waals surface area contributed by atoms with Crippen molar-refractivity contribution in [2.45, 2.75) is 46.3 Å². The third-order valence-electron chi connectivity index (χ3n) is 4.16. The Kier molecular flexibility index (Phi) is 5.80. The summed E-state index contributed by atoms with van der Waals surface area (Å²) >= 11 is 0. The molecule has 1 heterocycles. The molecule has 21 heavy (non-hydrogen) atoms. The van der Waals surface area contributed by atoms with Crippen molar-refractivity contribution in [2.75, 3.05) is 26.3 Å². The average Bonchev–Trinajstić information content (AvgIpc) is 2.42. The first-order chi connectivity index (χ1) is 9.99. The van der Waals surface area contributed by atoms with Gasteiger partial charge in [-0.1, -0.05) is 38.1 Å². The van der Waals surface area contributed by atoms with Gasteiger partial charge in [0.05, 0.1) is 13.2 Å². The van der Waals surface area contributed by atoms with Gasteiger partial charge in [0, 0.05) is 25.2 Å². The minimum Gasteiger partial charge on any atom is -0.378 e. The van der Waals surface area contributed by atoms with E-state index in [0.717, 1.165) is 39.4 Å². The number of rotatable bonds is 6. The summed E-state index contributed by atoms with van der Waals surface area (Å²) < 4.78 is 5.62. The van der Waals surface area contributed by atoms with Gasteiger partial charge in [-0.05, 0) is 37.4 Å².